The zero-order valence-corrected chi connectivity index (χ0v) is 22.0. The maximum Gasteiger partial charge on any atom is 1.00 e. The van der Waals surface area contributed by atoms with E-state index in [0.29, 0.717) is 15.7 Å². The molecule has 3 aromatic rings. The molecule has 0 saturated carbocycles. The Hall–Kier alpha value is -1.20. The van der Waals surface area contributed by atoms with Gasteiger partial charge in [-0.2, -0.15) is 8.42 Å². The Kier molecular flexibility index (Phi) is 9.54. The number of amides is 2. The Bertz CT molecular complexity index is 1270. The SMILES string of the molecule is O=C(Nc1ccc(Cl)c(Cl)c1)Nc1ccc(Oc2ccc(Cl)cc2Cl)cc1S(=O)(=O)O.[Na+]. The molecule has 0 radical (unpaired) electrons. The zero-order valence-electron chi connectivity index (χ0n) is 16.2. The largest absolute Gasteiger partial charge is 1.00 e. The van der Waals surface area contributed by atoms with E-state index in [0.717, 1.165) is 6.07 Å². The average molecular weight is 545 g/mol. The van der Waals surface area contributed by atoms with Crippen molar-refractivity contribution in [3.63, 3.8) is 0 Å². The summed E-state index contributed by atoms with van der Waals surface area (Å²) in [7, 11) is -4.71. The van der Waals surface area contributed by atoms with Gasteiger partial charge in [-0.15, -0.1) is 0 Å². The normalized spacial score (nSPS) is 10.8. The van der Waals surface area contributed by atoms with Crippen molar-refractivity contribution in [3.8, 4) is 11.5 Å². The van der Waals surface area contributed by atoms with Gasteiger partial charge in [0.05, 0.1) is 20.8 Å². The van der Waals surface area contributed by atoms with E-state index in [9.17, 15) is 17.8 Å². The molecule has 0 spiro atoms. The van der Waals surface area contributed by atoms with E-state index in [1.54, 1.807) is 0 Å². The van der Waals surface area contributed by atoms with Crippen LogP contribution in [-0.2, 0) is 10.1 Å². The Morgan fingerprint density at radius 3 is 2.19 bits per heavy atom. The van der Waals surface area contributed by atoms with Crippen LogP contribution in [-0.4, -0.2) is 19.0 Å². The Balaban J connectivity index is 0.00000363. The monoisotopic (exact) mass is 543 g/mol. The molecule has 0 aliphatic heterocycles. The fourth-order valence-corrected chi connectivity index (χ4v) is 3.83. The number of carbonyl (C=O) groups excluding carboxylic acids is 1. The summed E-state index contributed by atoms with van der Waals surface area (Å²) in [6, 6.07) is 11.8. The van der Waals surface area contributed by atoms with Crippen molar-refractivity contribution in [3.05, 3.63) is 74.7 Å². The van der Waals surface area contributed by atoms with Crippen molar-refractivity contribution in [2.75, 3.05) is 10.6 Å². The third-order valence-electron chi connectivity index (χ3n) is 3.78. The molecule has 0 atom stereocenters. The minimum absolute atomic E-state index is 0. The number of hydrogen-bond acceptors (Lipinski definition) is 4. The molecular formula is C19H12Cl4N2NaO5S+. The van der Waals surface area contributed by atoms with Crippen LogP contribution in [0.4, 0.5) is 16.2 Å². The Morgan fingerprint density at radius 2 is 1.56 bits per heavy atom. The van der Waals surface area contributed by atoms with Gasteiger partial charge in [0.25, 0.3) is 10.1 Å². The van der Waals surface area contributed by atoms with Crippen LogP contribution in [0.25, 0.3) is 0 Å². The molecule has 0 heterocycles. The standard InChI is InChI=1S/C19H12Cl4N2O5S.Na/c20-10-1-6-17(15(23)7-10)30-12-3-5-16(18(9-12)31(27,28)29)25-19(26)24-11-2-4-13(21)14(22)8-11;/h1-9H,(H2,24,25,26)(H,27,28,29);/q;+1. The first-order valence-corrected chi connectivity index (χ1v) is 11.3. The molecule has 0 fully saturated rings. The first kappa shape index (κ1) is 27.0. The Morgan fingerprint density at radius 1 is 0.844 bits per heavy atom. The summed E-state index contributed by atoms with van der Waals surface area (Å²) in [5.74, 6) is 0.262. The van der Waals surface area contributed by atoms with Crippen molar-refractivity contribution in [2.24, 2.45) is 0 Å². The molecule has 0 unspecified atom stereocenters. The summed E-state index contributed by atoms with van der Waals surface area (Å²) < 4.78 is 38.8. The van der Waals surface area contributed by atoms with E-state index >= 15 is 0 Å². The number of ether oxygens (including phenoxy) is 1. The summed E-state index contributed by atoms with van der Waals surface area (Å²) >= 11 is 23.6. The number of hydrogen-bond donors (Lipinski definition) is 3. The van der Waals surface area contributed by atoms with Gasteiger partial charge >= 0.3 is 35.6 Å². The van der Waals surface area contributed by atoms with E-state index < -0.39 is 21.0 Å². The average Bonchev–Trinajstić information content (AvgIpc) is 2.67. The molecule has 7 nitrogen and oxygen atoms in total. The van der Waals surface area contributed by atoms with Crippen LogP contribution in [0.5, 0.6) is 11.5 Å². The molecule has 13 heteroatoms. The Labute approximate surface area is 226 Å². The van der Waals surface area contributed by atoms with E-state index in [1.165, 1.54) is 48.5 Å². The number of benzene rings is 3. The van der Waals surface area contributed by atoms with Crippen molar-refractivity contribution in [1.82, 2.24) is 0 Å². The zero-order chi connectivity index (χ0) is 22.8. The number of urea groups is 1. The maximum absolute atomic E-state index is 12.3. The van der Waals surface area contributed by atoms with Crippen molar-refractivity contribution >= 4 is 73.9 Å². The topological polar surface area (TPSA) is 105 Å². The molecule has 3 rings (SSSR count). The number of nitrogens with one attached hydrogen (secondary N) is 2. The van der Waals surface area contributed by atoms with Gasteiger partial charge in [-0.05, 0) is 48.5 Å². The van der Waals surface area contributed by atoms with E-state index in [2.05, 4.69) is 10.6 Å². The maximum atomic E-state index is 12.3. The molecule has 0 aromatic heterocycles. The van der Waals surface area contributed by atoms with Crippen LogP contribution in [0.15, 0.2) is 59.5 Å². The number of carbonyl (C=O) groups is 1. The quantitative estimate of drug-likeness (QED) is 0.333. The first-order chi connectivity index (χ1) is 14.5. The molecule has 0 bridgehead atoms. The van der Waals surface area contributed by atoms with Crippen molar-refractivity contribution < 1.29 is 52.1 Å². The van der Waals surface area contributed by atoms with Gasteiger partial charge in [-0.25, -0.2) is 4.79 Å². The molecule has 3 aromatic carbocycles. The predicted molar refractivity (Wildman–Crippen MR) is 122 cm³/mol. The van der Waals surface area contributed by atoms with Gasteiger partial charge in [0.15, 0.2) is 0 Å². The second-order valence-electron chi connectivity index (χ2n) is 6.02. The van der Waals surface area contributed by atoms with Crippen molar-refractivity contribution in [2.45, 2.75) is 4.90 Å². The minimum atomic E-state index is -4.71. The fourth-order valence-electron chi connectivity index (χ4n) is 2.43. The van der Waals surface area contributed by atoms with Crippen molar-refractivity contribution in [1.29, 1.82) is 0 Å². The van der Waals surface area contributed by atoms with Crippen LogP contribution in [0.2, 0.25) is 20.1 Å². The molecule has 0 aliphatic rings. The number of halogens is 4. The smallest absolute Gasteiger partial charge is 0.456 e. The third kappa shape index (κ3) is 7.15. The molecule has 2 amide bonds. The molecule has 32 heavy (non-hydrogen) atoms. The second-order valence-corrected chi connectivity index (χ2v) is 9.07. The van der Waals surface area contributed by atoms with Gasteiger partial charge in [0, 0.05) is 16.8 Å². The minimum Gasteiger partial charge on any atom is -0.456 e. The van der Waals surface area contributed by atoms with Crippen LogP contribution >= 0.6 is 46.4 Å². The molecule has 162 valence electrons. The van der Waals surface area contributed by atoms with E-state index in [-0.39, 0.29) is 56.8 Å². The van der Waals surface area contributed by atoms with E-state index in [1.807, 2.05) is 0 Å². The first-order valence-electron chi connectivity index (χ1n) is 8.30. The van der Waals surface area contributed by atoms with Gasteiger partial charge in [-0.1, -0.05) is 46.4 Å². The summed E-state index contributed by atoms with van der Waals surface area (Å²) in [4.78, 5) is 11.7. The fraction of sp³-hybridized carbons (Fsp3) is 0. The van der Waals surface area contributed by atoms with Gasteiger partial charge < -0.3 is 15.4 Å². The van der Waals surface area contributed by atoms with Gasteiger partial charge in [-0.3, -0.25) is 4.55 Å². The van der Waals surface area contributed by atoms with E-state index in [4.69, 9.17) is 51.1 Å². The molecule has 3 N–H and O–H groups in total. The molecule has 0 aliphatic carbocycles. The van der Waals surface area contributed by atoms with Crippen LogP contribution in [0.3, 0.4) is 0 Å². The number of anilines is 2. The summed E-state index contributed by atoms with van der Waals surface area (Å²) in [5.41, 5.74) is 0.132. The summed E-state index contributed by atoms with van der Waals surface area (Å²) in [6.45, 7) is 0. The van der Waals surface area contributed by atoms with Gasteiger partial charge in [0.1, 0.15) is 16.4 Å². The third-order valence-corrected chi connectivity index (χ3v) is 5.94. The van der Waals surface area contributed by atoms with Gasteiger partial charge in [0.2, 0.25) is 0 Å². The number of rotatable bonds is 5. The van der Waals surface area contributed by atoms with Crippen LogP contribution in [0, 0.1) is 0 Å². The summed E-state index contributed by atoms with van der Waals surface area (Å²) in [6.07, 6.45) is 0. The summed E-state index contributed by atoms with van der Waals surface area (Å²) in [5, 5.41) is 5.94. The predicted octanol–water partition coefficient (Wildman–Crippen LogP) is 3.99. The van der Waals surface area contributed by atoms with Crippen LogP contribution in [0.1, 0.15) is 0 Å². The van der Waals surface area contributed by atoms with Crippen LogP contribution < -0.4 is 44.9 Å². The second kappa shape index (κ2) is 11.3. The molecule has 0 saturated heterocycles. The molecular weight excluding hydrogens is 533 g/mol.